The summed E-state index contributed by atoms with van der Waals surface area (Å²) in [6, 6.07) is 4.38. The molecule has 1 aromatic heterocycles. The molecule has 2 aliphatic heterocycles. The number of hydrogen-bond acceptors (Lipinski definition) is 5. The molecule has 118 valence electrons. The van der Waals surface area contributed by atoms with Crippen molar-refractivity contribution in [2.45, 2.75) is 13.0 Å². The van der Waals surface area contributed by atoms with Crippen molar-refractivity contribution < 1.29 is 9.47 Å². The molecule has 1 atom stereocenters. The second kappa shape index (κ2) is 7.20. The van der Waals surface area contributed by atoms with Crippen molar-refractivity contribution in [2.75, 3.05) is 59.7 Å². The highest BCUT2D eigenvalue weighted by atomic mass is 32.1. The Bertz CT molecular complexity index is 426. The van der Waals surface area contributed by atoms with Gasteiger partial charge in [-0.1, -0.05) is 6.07 Å². The smallest absolute Gasteiger partial charge is 0.0593 e. The molecule has 0 radical (unpaired) electrons. The minimum atomic E-state index is 0.321. The Kier molecular flexibility index (Phi) is 5.29. The first-order valence-electron chi connectivity index (χ1n) is 7.83. The molecular formula is C16H26N2O2S. The summed E-state index contributed by atoms with van der Waals surface area (Å²) in [5.74, 6) is 0. The fourth-order valence-electron chi connectivity index (χ4n) is 3.53. The van der Waals surface area contributed by atoms with E-state index in [2.05, 4.69) is 27.3 Å². The Balaban J connectivity index is 1.59. The molecule has 0 bridgehead atoms. The third-order valence-electron chi connectivity index (χ3n) is 4.61. The van der Waals surface area contributed by atoms with E-state index in [4.69, 9.17) is 9.47 Å². The van der Waals surface area contributed by atoms with Crippen molar-refractivity contribution in [3.63, 3.8) is 0 Å². The normalized spacial score (nSPS) is 28.2. The zero-order chi connectivity index (χ0) is 14.5. The van der Waals surface area contributed by atoms with E-state index >= 15 is 0 Å². The third-order valence-corrected chi connectivity index (χ3v) is 5.47. The van der Waals surface area contributed by atoms with Crippen LogP contribution in [0.2, 0.25) is 0 Å². The first kappa shape index (κ1) is 15.4. The Labute approximate surface area is 131 Å². The summed E-state index contributed by atoms with van der Waals surface area (Å²) in [5, 5.41) is 2.17. The fourth-order valence-corrected chi connectivity index (χ4v) is 4.27. The molecule has 1 spiro atoms. The molecule has 0 amide bonds. The van der Waals surface area contributed by atoms with Gasteiger partial charge in [-0.15, -0.1) is 11.3 Å². The molecule has 0 N–H and O–H groups in total. The number of nitrogens with zero attached hydrogens (tertiary/aromatic N) is 2. The number of likely N-dealkylation sites (tertiary alicyclic amines) is 1. The molecule has 2 saturated heterocycles. The van der Waals surface area contributed by atoms with Crippen LogP contribution in [0.1, 0.15) is 11.3 Å². The van der Waals surface area contributed by atoms with Gasteiger partial charge in [-0.3, -0.25) is 4.90 Å². The van der Waals surface area contributed by atoms with Crippen LogP contribution in [0.15, 0.2) is 17.5 Å². The molecule has 5 heteroatoms. The lowest BCUT2D eigenvalue weighted by Gasteiger charge is -2.31. The van der Waals surface area contributed by atoms with Crippen molar-refractivity contribution >= 4 is 11.3 Å². The van der Waals surface area contributed by atoms with Crippen LogP contribution in [0.4, 0.5) is 0 Å². The predicted octanol–water partition coefficient (Wildman–Crippen LogP) is 1.92. The van der Waals surface area contributed by atoms with Crippen LogP contribution < -0.4 is 0 Å². The van der Waals surface area contributed by atoms with E-state index in [0.29, 0.717) is 5.41 Å². The minimum Gasteiger partial charge on any atom is -0.383 e. The minimum absolute atomic E-state index is 0.321. The van der Waals surface area contributed by atoms with E-state index in [9.17, 15) is 0 Å². The first-order chi connectivity index (χ1) is 10.3. The average Bonchev–Trinajstić information content (AvgIpc) is 3.07. The monoisotopic (exact) mass is 310 g/mol. The summed E-state index contributed by atoms with van der Waals surface area (Å²) < 4.78 is 11.2. The average molecular weight is 310 g/mol. The quantitative estimate of drug-likeness (QED) is 0.829. The number of thiophene rings is 1. The summed E-state index contributed by atoms with van der Waals surface area (Å²) in [6.07, 6.45) is 1.25. The van der Waals surface area contributed by atoms with Crippen LogP contribution in [0.25, 0.3) is 0 Å². The lowest BCUT2D eigenvalue weighted by molar-refractivity contribution is 0.0682. The second-order valence-electron chi connectivity index (χ2n) is 6.36. The van der Waals surface area contributed by atoms with Gasteiger partial charge in [-0.2, -0.15) is 0 Å². The van der Waals surface area contributed by atoms with Gasteiger partial charge in [0.1, 0.15) is 0 Å². The lowest BCUT2D eigenvalue weighted by atomic mass is 9.87. The van der Waals surface area contributed by atoms with E-state index in [1.807, 2.05) is 11.3 Å². The third kappa shape index (κ3) is 4.05. The highest BCUT2D eigenvalue weighted by molar-refractivity contribution is 7.09. The van der Waals surface area contributed by atoms with Gasteiger partial charge in [0.05, 0.1) is 19.8 Å². The molecule has 1 aromatic rings. The number of rotatable bonds is 5. The van der Waals surface area contributed by atoms with Crippen molar-refractivity contribution in [2.24, 2.45) is 5.41 Å². The fraction of sp³-hybridized carbons (Fsp3) is 0.750. The standard InChI is InChI=1S/C16H26N2O2S/c1-19-8-6-17-5-4-16(12-17)13-18(7-9-20-14-16)11-15-3-2-10-21-15/h2-3,10H,4-9,11-14H2,1H3/t16-/m0/s1. The topological polar surface area (TPSA) is 24.9 Å². The van der Waals surface area contributed by atoms with Crippen molar-refractivity contribution in [3.05, 3.63) is 22.4 Å². The molecule has 4 nitrogen and oxygen atoms in total. The summed E-state index contributed by atoms with van der Waals surface area (Å²) in [7, 11) is 1.78. The molecule has 0 unspecified atom stereocenters. The van der Waals surface area contributed by atoms with Crippen LogP contribution in [-0.4, -0.2) is 69.5 Å². The van der Waals surface area contributed by atoms with Crippen LogP contribution in [0.3, 0.4) is 0 Å². The van der Waals surface area contributed by atoms with Gasteiger partial charge in [0.15, 0.2) is 0 Å². The largest absolute Gasteiger partial charge is 0.383 e. The van der Waals surface area contributed by atoms with E-state index in [1.165, 1.54) is 17.8 Å². The Hall–Kier alpha value is -0.460. The number of hydrogen-bond donors (Lipinski definition) is 0. The first-order valence-corrected chi connectivity index (χ1v) is 8.71. The van der Waals surface area contributed by atoms with Gasteiger partial charge in [0, 0.05) is 50.1 Å². The van der Waals surface area contributed by atoms with Crippen LogP contribution >= 0.6 is 11.3 Å². The zero-order valence-electron chi connectivity index (χ0n) is 12.9. The molecule has 21 heavy (non-hydrogen) atoms. The molecule has 0 aliphatic carbocycles. The highest BCUT2D eigenvalue weighted by Gasteiger charge is 2.40. The van der Waals surface area contributed by atoms with E-state index in [1.54, 1.807) is 7.11 Å². The molecule has 2 aliphatic rings. The van der Waals surface area contributed by atoms with Gasteiger partial charge in [-0.05, 0) is 24.4 Å². The van der Waals surface area contributed by atoms with Gasteiger partial charge in [0.25, 0.3) is 0 Å². The maximum atomic E-state index is 5.94. The van der Waals surface area contributed by atoms with E-state index in [-0.39, 0.29) is 0 Å². The van der Waals surface area contributed by atoms with Gasteiger partial charge in [-0.25, -0.2) is 0 Å². The molecular weight excluding hydrogens is 284 g/mol. The SMILES string of the molecule is COCCN1CC[C@]2(COCCN(Cc3cccs3)C2)C1. The van der Waals surface area contributed by atoms with Gasteiger partial charge < -0.3 is 14.4 Å². The lowest BCUT2D eigenvalue weighted by Crippen LogP contribution is -2.40. The highest BCUT2D eigenvalue weighted by Crippen LogP contribution is 2.33. The maximum Gasteiger partial charge on any atom is 0.0593 e. The molecule has 0 aromatic carbocycles. The van der Waals surface area contributed by atoms with Crippen molar-refractivity contribution in [1.29, 1.82) is 0 Å². The summed E-state index contributed by atoms with van der Waals surface area (Å²) in [4.78, 5) is 6.57. The molecule has 3 heterocycles. The van der Waals surface area contributed by atoms with Crippen LogP contribution in [-0.2, 0) is 16.0 Å². The Morgan fingerprint density at radius 1 is 1.33 bits per heavy atom. The summed E-state index contributed by atoms with van der Waals surface area (Å²) >= 11 is 1.86. The summed E-state index contributed by atoms with van der Waals surface area (Å²) in [5.41, 5.74) is 0.321. The van der Waals surface area contributed by atoms with Gasteiger partial charge >= 0.3 is 0 Å². The van der Waals surface area contributed by atoms with Crippen molar-refractivity contribution in [3.8, 4) is 0 Å². The van der Waals surface area contributed by atoms with E-state index in [0.717, 1.165) is 52.5 Å². The van der Waals surface area contributed by atoms with E-state index < -0.39 is 0 Å². The van der Waals surface area contributed by atoms with Crippen LogP contribution in [0.5, 0.6) is 0 Å². The van der Waals surface area contributed by atoms with Gasteiger partial charge in [0.2, 0.25) is 0 Å². The predicted molar refractivity (Wildman–Crippen MR) is 85.8 cm³/mol. The zero-order valence-corrected chi connectivity index (χ0v) is 13.7. The van der Waals surface area contributed by atoms with Crippen molar-refractivity contribution in [1.82, 2.24) is 9.80 Å². The van der Waals surface area contributed by atoms with Crippen LogP contribution in [0, 0.1) is 5.41 Å². The molecule has 2 fully saturated rings. The summed E-state index contributed by atoms with van der Waals surface area (Å²) in [6.45, 7) is 9.27. The Morgan fingerprint density at radius 2 is 2.24 bits per heavy atom. The Morgan fingerprint density at radius 3 is 3.05 bits per heavy atom. The number of methoxy groups -OCH3 is 1. The number of ether oxygens (including phenoxy) is 2. The molecule has 0 saturated carbocycles. The second-order valence-corrected chi connectivity index (χ2v) is 7.39. The maximum absolute atomic E-state index is 5.94. The molecule has 3 rings (SSSR count).